The molecule has 1 heteroatoms. The lowest BCUT2D eigenvalue weighted by molar-refractivity contribution is -0.548. The lowest BCUT2D eigenvalue weighted by Gasteiger charge is -2.36. The van der Waals surface area contributed by atoms with Gasteiger partial charge in [-0.25, -0.2) is 0 Å². The number of hydrogen-bond acceptors (Lipinski definition) is 0. The number of para-hydroxylation sites is 1. The van der Waals surface area contributed by atoms with E-state index in [1.165, 1.54) is 118 Å². The van der Waals surface area contributed by atoms with E-state index < -0.39 is 0 Å². The second kappa shape index (κ2) is 15.0. The number of benzene rings is 8. The van der Waals surface area contributed by atoms with Gasteiger partial charge in [0, 0.05) is 17.5 Å². The molecule has 9 aromatic rings. The number of unbranched alkanes of at least 4 members (excludes halogenated alkanes) is 1. The molecule has 10 rings (SSSR count). The normalized spacial score (nSPS) is 13.2. The van der Waals surface area contributed by atoms with Crippen LogP contribution < -0.4 is 4.57 Å². The molecule has 1 aromatic heterocycles. The SMILES string of the molecule is C=C1[n+]2c(ccc3ccccc32)-c2cc(-c3cccc(-c4cc(-c5cccc6ccccc56)cc(-c5ccc(CCCC)c6ccccc56)c4)c3)ccc2C1(CC)CC. The Bertz CT molecular complexity index is 3080. The molecule has 0 fully saturated rings. The van der Waals surface area contributed by atoms with Gasteiger partial charge in [-0.3, -0.25) is 0 Å². The van der Waals surface area contributed by atoms with Crippen LogP contribution in [-0.4, -0.2) is 0 Å². The van der Waals surface area contributed by atoms with E-state index in [0.717, 1.165) is 19.3 Å². The molecule has 286 valence electrons. The Hall–Kier alpha value is -6.57. The van der Waals surface area contributed by atoms with Crippen molar-refractivity contribution >= 4 is 38.1 Å². The van der Waals surface area contributed by atoms with Gasteiger partial charge in [0.05, 0.1) is 11.0 Å². The van der Waals surface area contributed by atoms with E-state index in [4.69, 9.17) is 6.58 Å². The van der Waals surface area contributed by atoms with Crippen molar-refractivity contribution in [2.75, 3.05) is 0 Å². The summed E-state index contributed by atoms with van der Waals surface area (Å²) in [6, 6.07) is 66.0. The molecule has 1 aliphatic rings. The van der Waals surface area contributed by atoms with Crippen molar-refractivity contribution in [3.05, 3.63) is 194 Å². The van der Waals surface area contributed by atoms with Crippen LogP contribution in [0.4, 0.5) is 0 Å². The number of nitrogens with zero attached hydrogens (tertiary/aromatic N) is 1. The van der Waals surface area contributed by atoms with Gasteiger partial charge in [0.1, 0.15) is 0 Å². The molecular weight excluding hydrogens is 711 g/mol. The Balaban J connectivity index is 1.15. The van der Waals surface area contributed by atoms with E-state index in [9.17, 15) is 0 Å². The fourth-order valence-electron chi connectivity index (χ4n) is 10.1. The molecule has 1 nitrogen and oxygen atoms in total. The zero-order chi connectivity index (χ0) is 40.1. The second-order valence-electron chi connectivity index (χ2n) is 16.4. The summed E-state index contributed by atoms with van der Waals surface area (Å²) in [5.41, 5.74) is 17.4. The number of aromatic nitrogens is 1. The van der Waals surface area contributed by atoms with E-state index in [-0.39, 0.29) is 5.41 Å². The van der Waals surface area contributed by atoms with Crippen molar-refractivity contribution in [2.45, 2.75) is 58.3 Å². The van der Waals surface area contributed by atoms with Gasteiger partial charge in [-0.2, -0.15) is 4.57 Å². The predicted molar refractivity (Wildman–Crippen MR) is 253 cm³/mol. The van der Waals surface area contributed by atoms with Crippen LogP contribution in [-0.2, 0) is 11.8 Å². The molecule has 0 spiro atoms. The summed E-state index contributed by atoms with van der Waals surface area (Å²) in [4.78, 5) is 0. The van der Waals surface area contributed by atoms with Crippen LogP contribution in [0.15, 0.2) is 183 Å². The number of pyridine rings is 1. The van der Waals surface area contributed by atoms with Crippen LogP contribution in [0.25, 0.3) is 93.9 Å². The zero-order valence-electron chi connectivity index (χ0n) is 34.4. The molecule has 0 bridgehead atoms. The maximum atomic E-state index is 4.80. The second-order valence-corrected chi connectivity index (χ2v) is 16.4. The first-order valence-corrected chi connectivity index (χ1v) is 21.5. The highest BCUT2D eigenvalue weighted by molar-refractivity contribution is 6.02. The number of allylic oxidation sites excluding steroid dienone is 1. The van der Waals surface area contributed by atoms with Crippen molar-refractivity contribution < 1.29 is 4.57 Å². The average Bonchev–Trinajstić information content (AvgIpc) is 3.30. The minimum absolute atomic E-state index is 0.145. The van der Waals surface area contributed by atoms with Crippen LogP contribution in [0.3, 0.4) is 0 Å². The lowest BCUT2D eigenvalue weighted by atomic mass is 9.68. The minimum Gasteiger partial charge on any atom is -0.156 e. The summed E-state index contributed by atoms with van der Waals surface area (Å²) in [5, 5.41) is 6.43. The minimum atomic E-state index is -0.145. The molecule has 8 aromatic carbocycles. The first-order chi connectivity index (χ1) is 29.0. The fourth-order valence-corrected chi connectivity index (χ4v) is 10.1. The Morgan fingerprint density at radius 1 is 0.458 bits per heavy atom. The first kappa shape index (κ1) is 36.7. The topological polar surface area (TPSA) is 3.88 Å². The van der Waals surface area contributed by atoms with Crippen molar-refractivity contribution in [2.24, 2.45) is 0 Å². The molecule has 59 heavy (non-hydrogen) atoms. The van der Waals surface area contributed by atoms with Gasteiger partial charge in [-0.1, -0.05) is 149 Å². The maximum Gasteiger partial charge on any atom is 0.219 e. The molecule has 0 unspecified atom stereocenters. The third-order valence-electron chi connectivity index (χ3n) is 13.4. The Labute approximate surface area is 349 Å². The number of hydrogen-bond donors (Lipinski definition) is 0. The van der Waals surface area contributed by atoms with E-state index in [1.54, 1.807) is 0 Å². The van der Waals surface area contributed by atoms with Crippen molar-refractivity contribution in [1.82, 2.24) is 0 Å². The molecular formula is C58H50N+. The smallest absolute Gasteiger partial charge is 0.156 e. The summed E-state index contributed by atoms with van der Waals surface area (Å²) in [5.74, 6) is 0. The molecule has 0 N–H and O–H groups in total. The highest BCUT2D eigenvalue weighted by Crippen LogP contribution is 2.48. The number of fused-ring (bicyclic) bond motifs is 7. The Kier molecular flexibility index (Phi) is 9.33. The van der Waals surface area contributed by atoms with E-state index in [0.29, 0.717) is 0 Å². The number of aryl methyl sites for hydroxylation is 1. The monoisotopic (exact) mass is 760 g/mol. The van der Waals surface area contributed by atoms with Crippen molar-refractivity contribution in [1.29, 1.82) is 0 Å². The zero-order valence-corrected chi connectivity index (χ0v) is 34.4. The van der Waals surface area contributed by atoms with Gasteiger partial charge in [-0.15, -0.1) is 0 Å². The fraction of sp³-hybridized carbons (Fsp3) is 0.155. The molecule has 1 aliphatic heterocycles. The van der Waals surface area contributed by atoms with Crippen LogP contribution in [0, 0.1) is 0 Å². The molecule has 0 radical (unpaired) electrons. The van der Waals surface area contributed by atoms with Crippen LogP contribution in [0.2, 0.25) is 0 Å². The maximum absolute atomic E-state index is 4.80. The molecule has 0 amide bonds. The van der Waals surface area contributed by atoms with Crippen LogP contribution in [0.1, 0.15) is 57.6 Å². The molecule has 0 saturated heterocycles. The summed E-state index contributed by atoms with van der Waals surface area (Å²) in [7, 11) is 0. The third kappa shape index (κ3) is 6.11. The molecule has 0 saturated carbocycles. The van der Waals surface area contributed by atoms with Gasteiger partial charge in [0.15, 0.2) is 5.70 Å². The summed E-state index contributed by atoms with van der Waals surface area (Å²) >= 11 is 0. The Morgan fingerprint density at radius 2 is 1.07 bits per heavy atom. The van der Waals surface area contributed by atoms with Crippen molar-refractivity contribution in [3.63, 3.8) is 0 Å². The summed E-state index contributed by atoms with van der Waals surface area (Å²) in [6.07, 6.45) is 5.47. The largest absolute Gasteiger partial charge is 0.219 e. The highest BCUT2D eigenvalue weighted by Gasteiger charge is 2.46. The highest BCUT2D eigenvalue weighted by atomic mass is 15.0. The third-order valence-corrected chi connectivity index (χ3v) is 13.4. The van der Waals surface area contributed by atoms with Gasteiger partial charge in [0.25, 0.3) is 0 Å². The molecule has 0 aliphatic carbocycles. The van der Waals surface area contributed by atoms with Crippen molar-refractivity contribution in [3.8, 4) is 55.8 Å². The van der Waals surface area contributed by atoms with E-state index in [2.05, 4.69) is 201 Å². The Morgan fingerprint density at radius 3 is 1.85 bits per heavy atom. The van der Waals surface area contributed by atoms with Gasteiger partial charge in [0.2, 0.25) is 11.2 Å². The lowest BCUT2D eigenvalue weighted by Crippen LogP contribution is -2.49. The summed E-state index contributed by atoms with van der Waals surface area (Å²) < 4.78 is 2.44. The molecule has 0 atom stereocenters. The van der Waals surface area contributed by atoms with Crippen LogP contribution in [0.5, 0.6) is 0 Å². The van der Waals surface area contributed by atoms with E-state index >= 15 is 0 Å². The average molecular weight is 761 g/mol. The van der Waals surface area contributed by atoms with E-state index in [1.807, 2.05) is 0 Å². The molecule has 2 heterocycles. The van der Waals surface area contributed by atoms with Gasteiger partial charge >= 0.3 is 0 Å². The van der Waals surface area contributed by atoms with Gasteiger partial charge < -0.3 is 0 Å². The predicted octanol–water partition coefficient (Wildman–Crippen LogP) is 15.7. The quantitative estimate of drug-likeness (QED) is 0.129. The summed E-state index contributed by atoms with van der Waals surface area (Å²) in [6.45, 7) is 11.7. The van der Waals surface area contributed by atoms with Gasteiger partial charge in [-0.05, 0) is 152 Å². The first-order valence-electron chi connectivity index (χ1n) is 21.5. The standard InChI is InChI=1S/C58H50N/c1-5-8-17-41-28-31-52(53-25-13-12-24-50(41)53)48-36-46(35-47(37-48)51-26-16-20-40-18-9-11-23-49(40)51)44-22-15-21-43(34-44)45-29-32-55-54(38-45)57-33-30-42-19-10-14-27-56(42)59(57)39(4)58(55,6-2)7-3/h9-16,18-38H,4-8,17H2,1-3H3/q+1. The van der Waals surface area contributed by atoms with Crippen LogP contribution >= 0.6 is 0 Å². The number of rotatable bonds is 9.